The molecule has 1 atom stereocenters. The average molecular weight is 561 g/mol. The number of nitrogens with zero attached hydrogens (tertiary/aromatic N) is 3. The maximum atomic E-state index is 9.33. The Morgan fingerprint density at radius 1 is 1.18 bits per heavy atom. The van der Waals surface area contributed by atoms with E-state index in [4.69, 9.17) is 21.1 Å². The Bertz CT molecular complexity index is 1210. The van der Waals surface area contributed by atoms with Crippen molar-refractivity contribution in [3.05, 3.63) is 72.8 Å². The number of hydrogen-bond donors (Lipinski definition) is 0. The highest BCUT2D eigenvalue weighted by Gasteiger charge is 2.29. The molecular weight excluding hydrogens is 534 g/mol. The van der Waals surface area contributed by atoms with Crippen molar-refractivity contribution >= 4 is 44.6 Å². The fourth-order valence-corrected chi connectivity index (χ4v) is 6.00. The lowest BCUT2D eigenvalue weighted by atomic mass is 10.1. The van der Waals surface area contributed by atoms with Gasteiger partial charge in [-0.15, -0.1) is 11.3 Å². The maximum Gasteiger partial charge on any atom is 0.161 e. The number of aryl methyl sites for hydroxylation is 1. The second-order valence-electron chi connectivity index (χ2n) is 8.39. The Labute approximate surface area is 218 Å². The molecule has 178 valence electrons. The number of methoxy groups -OCH3 is 2. The van der Waals surface area contributed by atoms with Gasteiger partial charge in [0.1, 0.15) is 6.07 Å². The summed E-state index contributed by atoms with van der Waals surface area (Å²) in [7, 11) is 3.28. The smallest absolute Gasteiger partial charge is 0.161 e. The van der Waals surface area contributed by atoms with Crippen LogP contribution in [0.4, 0.5) is 5.69 Å². The van der Waals surface area contributed by atoms with Crippen molar-refractivity contribution in [1.29, 1.82) is 5.26 Å². The zero-order chi connectivity index (χ0) is 24.2. The van der Waals surface area contributed by atoms with E-state index in [0.29, 0.717) is 34.7 Å². The van der Waals surface area contributed by atoms with E-state index >= 15 is 0 Å². The summed E-state index contributed by atoms with van der Waals surface area (Å²) < 4.78 is 12.0. The molecule has 0 radical (unpaired) electrons. The first-order valence-corrected chi connectivity index (χ1v) is 13.0. The van der Waals surface area contributed by atoms with Crippen LogP contribution in [0.2, 0.25) is 5.02 Å². The zero-order valence-corrected chi connectivity index (χ0v) is 22.6. The predicted octanol–water partition coefficient (Wildman–Crippen LogP) is 6.64. The summed E-state index contributed by atoms with van der Waals surface area (Å²) in [6.07, 6.45) is 1.05. The molecule has 0 bridgehead atoms. The maximum absolute atomic E-state index is 9.33. The highest BCUT2D eigenvalue weighted by molar-refractivity contribution is 9.10. The van der Waals surface area contributed by atoms with Crippen LogP contribution in [0.1, 0.15) is 27.3 Å². The molecule has 3 aromatic rings. The first kappa shape index (κ1) is 24.9. The van der Waals surface area contributed by atoms with Crippen LogP contribution >= 0.6 is 38.9 Å². The highest BCUT2D eigenvalue weighted by atomic mass is 79.9. The summed E-state index contributed by atoms with van der Waals surface area (Å²) in [5.74, 6) is 1.38. The third-order valence-electron chi connectivity index (χ3n) is 6.16. The number of hydrogen-bond acceptors (Lipinski definition) is 6. The molecule has 2 aromatic carbocycles. The Morgan fingerprint density at radius 3 is 2.59 bits per heavy atom. The van der Waals surface area contributed by atoms with Crippen LogP contribution < -0.4 is 14.4 Å². The number of rotatable bonds is 8. The Kier molecular flexibility index (Phi) is 8.05. The van der Waals surface area contributed by atoms with Gasteiger partial charge >= 0.3 is 0 Å². The molecule has 1 saturated heterocycles. The standard InChI is InChI=1S/C26H27BrClN3O2S/c1-17-4-7-22(34-17)16-30-9-8-21(15-30)31(20-6-5-18(13-29)24(28)11-20)14-19-10-25(32-2)26(33-3)12-23(19)27/h4-7,10-12,21H,8-9,14-16H2,1-3H3. The largest absolute Gasteiger partial charge is 0.493 e. The first-order valence-electron chi connectivity index (χ1n) is 11.1. The van der Waals surface area contributed by atoms with Gasteiger partial charge in [0.25, 0.3) is 0 Å². The van der Waals surface area contributed by atoms with Crippen LogP contribution in [0.3, 0.4) is 0 Å². The summed E-state index contributed by atoms with van der Waals surface area (Å²) in [5, 5.41) is 9.80. The quantitative estimate of drug-likeness (QED) is 0.309. The van der Waals surface area contributed by atoms with Crippen molar-refractivity contribution in [2.45, 2.75) is 32.5 Å². The molecule has 0 saturated carbocycles. The SMILES string of the molecule is COc1cc(Br)c(CN(c2ccc(C#N)c(Cl)c2)C2CCN(Cc3ccc(C)s3)C2)cc1OC. The molecular formula is C26H27BrClN3O2S. The van der Waals surface area contributed by atoms with Crippen LogP contribution in [0, 0.1) is 18.3 Å². The highest BCUT2D eigenvalue weighted by Crippen LogP contribution is 2.36. The van der Waals surface area contributed by atoms with Crippen molar-refractivity contribution in [1.82, 2.24) is 4.90 Å². The third kappa shape index (κ3) is 5.52. The summed E-state index contributed by atoms with van der Waals surface area (Å²) >= 11 is 12.0. The topological polar surface area (TPSA) is 48.7 Å². The van der Waals surface area contributed by atoms with E-state index in [2.05, 4.69) is 50.9 Å². The van der Waals surface area contributed by atoms with Gasteiger partial charge in [0, 0.05) is 52.1 Å². The summed E-state index contributed by atoms with van der Waals surface area (Å²) in [6, 6.07) is 16.5. The average Bonchev–Trinajstić information content (AvgIpc) is 3.46. The molecule has 1 unspecified atom stereocenters. The summed E-state index contributed by atoms with van der Waals surface area (Å²) in [5.41, 5.74) is 2.58. The monoisotopic (exact) mass is 559 g/mol. The lowest BCUT2D eigenvalue weighted by Crippen LogP contribution is -2.37. The molecule has 1 aliphatic heterocycles. The van der Waals surface area contributed by atoms with E-state index in [-0.39, 0.29) is 0 Å². The van der Waals surface area contributed by atoms with Crippen LogP contribution in [-0.4, -0.2) is 38.3 Å². The fourth-order valence-electron chi connectivity index (χ4n) is 4.41. The molecule has 5 nitrogen and oxygen atoms in total. The lowest BCUT2D eigenvalue weighted by molar-refractivity contribution is 0.327. The molecule has 4 rings (SSSR count). The lowest BCUT2D eigenvalue weighted by Gasteiger charge is -2.32. The number of anilines is 1. The van der Waals surface area contributed by atoms with Crippen molar-refractivity contribution in [3.8, 4) is 17.6 Å². The van der Waals surface area contributed by atoms with E-state index < -0.39 is 0 Å². The van der Waals surface area contributed by atoms with Gasteiger partial charge in [0.2, 0.25) is 0 Å². The number of thiophene rings is 1. The minimum absolute atomic E-state index is 0.310. The minimum Gasteiger partial charge on any atom is -0.493 e. The van der Waals surface area contributed by atoms with E-state index in [0.717, 1.165) is 41.8 Å². The van der Waals surface area contributed by atoms with Crippen molar-refractivity contribution in [3.63, 3.8) is 0 Å². The van der Waals surface area contributed by atoms with Gasteiger partial charge in [0.05, 0.1) is 24.8 Å². The second kappa shape index (κ2) is 11.0. The van der Waals surface area contributed by atoms with E-state index in [1.807, 2.05) is 35.6 Å². The van der Waals surface area contributed by atoms with E-state index in [1.54, 1.807) is 20.3 Å². The Balaban J connectivity index is 1.63. The molecule has 2 heterocycles. The number of halogens is 2. The van der Waals surface area contributed by atoms with Crippen molar-refractivity contribution in [2.75, 3.05) is 32.2 Å². The van der Waals surface area contributed by atoms with Crippen LogP contribution in [0.5, 0.6) is 11.5 Å². The number of nitriles is 1. The normalized spacial score (nSPS) is 15.8. The third-order valence-corrected chi connectivity index (χ3v) is 8.20. The van der Waals surface area contributed by atoms with Gasteiger partial charge in [0.15, 0.2) is 11.5 Å². The number of benzene rings is 2. The van der Waals surface area contributed by atoms with Gasteiger partial charge in [-0.1, -0.05) is 27.5 Å². The molecule has 34 heavy (non-hydrogen) atoms. The second-order valence-corrected chi connectivity index (χ2v) is 11.0. The molecule has 0 amide bonds. The summed E-state index contributed by atoms with van der Waals surface area (Å²) in [4.78, 5) is 7.64. The molecule has 0 N–H and O–H groups in total. The predicted molar refractivity (Wildman–Crippen MR) is 142 cm³/mol. The van der Waals surface area contributed by atoms with Gasteiger partial charge in [-0.3, -0.25) is 4.90 Å². The minimum atomic E-state index is 0.310. The fraction of sp³-hybridized carbons (Fsp3) is 0.346. The zero-order valence-electron chi connectivity index (χ0n) is 19.5. The number of likely N-dealkylation sites (tertiary alicyclic amines) is 1. The Morgan fingerprint density at radius 2 is 1.94 bits per heavy atom. The van der Waals surface area contributed by atoms with E-state index in [1.165, 1.54) is 9.75 Å². The van der Waals surface area contributed by atoms with E-state index in [9.17, 15) is 5.26 Å². The van der Waals surface area contributed by atoms with Gasteiger partial charge in [-0.2, -0.15) is 5.26 Å². The molecule has 1 aliphatic rings. The summed E-state index contributed by atoms with van der Waals surface area (Å²) in [6.45, 7) is 5.78. The van der Waals surface area contributed by atoms with Gasteiger partial charge in [-0.05, 0) is 61.4 Å². The van der Waals surface area contributed by atoms with Gasteiger partial charge in [-0.25, -0.2) is 0 Å². The van der Waals surface area contributed by atoms with Crippen LogP contribution in [-0.2, 0) is 13.1 Å². The molecule has 0 spiro atoms. The molecule has 0 aliphatic carbocycles. The molecule has 1 aromatic heterocycles. The van der Waals surface area contributed by atoms with Crippen molar-refractivity contribution in [2.24, 2.45) is 0 Å². The van der Waals surface area contributed by atoms with Gasteiger partial charge < -0.3 is 14.4 Å². The molecule has 8 heteroatoms. The van der Waals surface area contributed by atoms with Crippen LogP contribution in [0.25, 0.3) is 0 Å². The first-order chi connectivity index (χ1) is 16.4. The van der Waals surface area contributed by atoms with Crippen molar-refractivity contribution < 1.29 is 9.47 Å². The molecule has 1 fully saturated rings. The number of ether oxygens (including phenoxy) is 2. The van der Waals surface area contributed by atoms with Crippen LogP contribution in [0.15, 0.2) is 46.9 Å². The Hall–Kier alpha value is -2.24.